The molecular weight excluding hydrogens is 356 g/mol. The van der Waals surface area contributed by atoms with Gasteiger partial charge in [-0.1, -0.05) is 13.8 Å². The fourth-order valence-electron chi connectivity index (χ4n) is 3.20. The number of hydrogen-bond acceptors (Lipinski definition) is 4. The van der Waals surface area contributed by atoms with E-state index in [4.69, 9.17) is 0 Å². The molecule has 0 radical (unpaired) electrons. The fourth-order valence-corrected chi connectivity index (χ4v) is 3.90. The summed E-state index contributed by atoms with van der Waals surface area (Å²) >= 11 is 1.69. The van der Waals surface area contributed by atoms with E-state index in [0.29, 0.717) is 12.1 Å². The largest absolute Gasteiger partial charge is 0.350 e. The predicted octanol–water partition coefficient (Wildman–Crippen LogP) is 4.06. The molecule has 3 aromatic rings. The van der Waals surface area contributed by atoms with Crippen molar-refractivity contribution < 1.29 is 4.79 Å². The summed E-state index contributed by atoms with van der Waals surface area (Å²) in [5.74, 6) is -0.0504. The Morgan fingerprint density at radius 1 is 1.22 bits per heavy atom. The van der Waals surface area contributed by atoms with Gasteiger partial charge in [0.2, 0.25) is 0 Å². The highest BCUT2D eigenvalue weighted by molar-refractivity contribution is 7.07. The fraction of sp³-hybridized carbons (Fsp3) is 0.333. The van der Waals surface area contributed by atoms with Gasteiger partial charge in [-0.05, 0) is 72.2 Å². The number of nitrogens with one attached hydrogen (secondary N) is 1. The van der Waals surface area contributed by atoms with Gasteiger partial charge in [0.15, 0.2) is 0 Å². The van der Waals surface area contributed by atoms with E-state index in [1.807, 2.05) is 48.3 Å². The van der Waals surface area contributed by atoms with Crippen molar-refractivity contribution in [3.05, 3.63) is 70.2 Å². The zero-order valence-corrected chi connectivity index (χ0v) is 16.9. The van der Waals surface area contributed by atoms with E-state index in [-0.39, 0.29) is 11.9 Å². The van der Waals surface area contributed by atoms with E-state index in [1.54, 1.807) is 11.3 Å². The summed E-state index contributed by atoms with van der Waals surface area (Å²) in [6.07, 6.45) is 3.78. The predicted molar refractivity (Wildman–Crippen MR) is 111 cm³/mol. The highest BCUT2D eigenvalue weighted by Crippen LogP contribution is 2.22. The Kier molecular flexibility index (Phi) is 6.42. The van der Waals surface area contributed by atoms with Gasteiger partial charge >= 0.3 is 0 Å². The molecule has 2 aromatic heterocycles. The highest BCUT2D eigenvalue weighted by Gasteiger charge is 2.19. The summed E-state index contributed by atoms with van der Waals surface area (Å²) in [4.78, 5) is 15.0. The molecule has 1 amide bonds. The van der Waals surface area contributed by atoms with Crippen molar-refractivity contribution in [2.45, 2.75) is 26.8 Å². The van der Waals surface area contributed by atoms with Crippen molar-refractivity contribution in [2.24, 2.45) is 0 Å². The molecule has 1 aromatic carbocycles. The second-order valence-electron chi connectivity index (χ2n) is 6.51. The Hall–Kier alpha value is -2.44. The smallest absolute Gasteiger partial charge is 0.251 e. The van der Waals surface area contributed by atoms with Crippen molar-refractivity contribution in [2.75, 3.05) is 19.6 Å². The first-order chi connectivity index (χ1) is 13.1. The van der Waals surface area contributed by atoms with Crippen LogP contribution in [0, 0.1) is 6.92 Å². The van der Waals surface area contributed by atoms with Crippen LogP contribution in [0.15, 0.2) is 53.5 Å². The molecule has 0 aliphatic heterocycles. The molecule has 0 aliphatic carbocycles. The van der Waals surface area contributed by atoms with Crippen LogP contribution in [0.5, 0.6) is 0 Å². The summed E-state index contributed by atoms with van der Waals surface area (Å²) in [5, 5.41) is 11.6. The maximum absolute atomic E-state index is 12.6. The van der Waals surface area contributed by atoms with Gasteiger partial charge in [-0.2, -0.15) is 16.4 Å². The van der Waals surface area contributed by atoms with E-state index in [2.05, 4.69) is 46.0 Å². The number of benzene rings is 1. The molecule has 0 fully saturated rings. The van der Waals surface area contributed by atoms with Gasteiger partial charge < -0.3 is 5.32 Å². The standard InChI is InChI=1S/C21H26N4OS/c1-4-24(5-2)20(18-10-11-27-15-18)13-22-21(26)17-6-8-19(9-7-17)25-14-16(3)12-23-25/h6-12,14-15,20H,4-5,13H2,1-3H3,(H,22,26). The number of carbonyl (C=O) groups excluding carboxylic acids is 1. The molecule has 3 rings (SSSR count). The zero-order chi connectivity index (χ0) is 19.2. The first-order valence-corrected chi connectivity index (χ1v) is 10.2. The molecule has 0 saturated carbocycles. The SMILES string of the molecule is CCN(CC)C(CNC(=O)c1ccc(-n2cc(C)cn2)cc1)c1ccsc1. The monoisotopic (exact) mass is 382 g/mol. The molecular formula is C21H26N4OS. The molecule has 1 unspecified atom stereocenters. The topological polar surface area (TPSA) is 50.2 Å². The maximum Gasteiger partial charge on any atom is 0.251 e. The number of nitrogens with zero attached hydrogens (tertiary/aromatic N) is 3. The minimum Gasteiger partial charge on any atom is -0.350 e. The Morgan fingerprint density at radius 2 is 1.96 bits per heavy atom. The Morgan fingerprint density at radius 3 is 2.52 bits per heavy atom. The summed E-state index contributed by atoms with van der Waals surface area (Å²) in [6, 6.07) is 9.86. The Balaban J connectivity index is 1.67. The maximum atomic E-state index is 12.6. The molecule has 0 aliphatic rings. The number of rotatable bonds is 8. The third-order valence-electron chi connectivity index (χ3n) is 4.74. The van der Waals surface area contributed by atoms with Crippen LogP contribution >= 0.6 is 11.3 Å². The van der Waals surface area contributed by atoms with Gasteiger partial charge in [0.05, 0.1) is 17.9 Å². The van der Waals surface area contributed by atoms with Crippen LogP contribution in [0.2, 0.25) is 0 Å². The normalized spacial score (nSPS) is 12.3. The lowest BCUT2D eigenvalue weighted by molar-refractivity contribution is 0.0935. The summed E-state index contributed by atoms with van der Waals surface area (Å²) in [5.41, 5.74) is 3.96. The Bertz CT molecular complexity index is 851. The van der Waals surface area contributed by atoms with Crippen molar-refractivity contribution in [3.8, 4) is 5.69 Å². The van der Waals surface area contributed by atoms with Crippen molar-refractivity contribution in [1.29, 1.82) is 0 Å². The van der Waals surface area contributed by atoms with Crippen LogP contribution < -0.4 is 5.32 Å². The molecule has 0 spiro atoms. The van der Waals surface area contributed by atoms with Gasteiger partial charge in [-0.25, -0.2) is 4.68 Å². The lowest BCUT2D eigenvalue weighted by Crippen LogP contribution is -2.37. The van der Waals surface area contributed by atoms with Gasteiger partial charge in [-0.3, -0.25) is 9.69 Å². The van der Waals surface area contributed by atoms with E-state index < -0.39 is 0 Å². The number of amides is 1. The number of likely N-dealkylation sites (N-methyl/N-ethyl adjacent to an activating group) is 1. The van der Waals surface area contributed by atoms with Crippen LogP contribution in [-0.2, 0) is 0 Å². The minimum absolute atomic E-state index is 0.0504. The van der Waals surface area contributed by atoms with Gasteiger partial charge in [0, 0.05) is 18.3 Å². The summed E-state index contributed by atoms with van der Waals surface area (Å²) < 4.78 is 1.81. The molecule has 6 heteroatoms. The lowest BCUT2D eigenvalue weighted by Gasteiger charge is -2.29. The number of aromatic nitrogens is 2. The van der Waals surface area contributed by atoms with Gasteiger partial charge in [0.25, 0.3) is 5.91 Å². The molecule has 5 nitrogen and oxygen atoms in total. The van der Waals surface area contributed by atoms with Crippen LogP contribution in [0.4, 0.5) is 0 Å². The lowest BCUT2D eigenvalue weighted by atomic mass is 10.1. The van der Waals surface area contributed by atoms with Crippen LogP contribution in [0.3, 0.4) is 0 Å². The number of hydrogen-bond donors (Lipinski definition) is 1. The molecule has 1 atom stereocenters. The van der Waals surface area contributed by atoms with Crippen LogP contribution in [0.25, 0.3) is 5.69 Å². The first-order valence-electron chi connectivity index (χ1n) is 9.28. The second-order valence-corrected chi connectivity index (χ2v) is 7.29. The Labute approximate surface area is 164 Å². The van der Waals surface area contributed by atoms with E-state index in [0.717, 1.165) is 24.3 Å². The van der Waals surface area contributed by atoms with Crippen LogP contribution in [0.1, 0.15) is 41.4 Å². The molecule has 27 heavy (non-hydrogen) atoms. The van der Waals surface area contributed by atoms with Crippen LogP contribution in [-0.4, -0.2) is 40.2 Å². The number of thiophene rings is 1. The van der Waals surface area contributed by atoms with Gasteiger partial charge in [0.1, 0.15) is 0 Å². The van der Waals surface area contributed by atoms with E-state index in [1.165, 1.54) is 5.56 Å². The third-order valence-corrected chi connectivity index (χ3v) is 5.44. The molecule has 0 bridgehead atoms. The van der Waals surface area contributed by atoms with Crippen molar-refractivity contribution in [3.63, 3.8) is 0 Å². The van der Waals surface area contributed by atoms with Crippen molar-refractivity contribution in [1.82, 2.24) is 20.0 Å². The average Bonchev–Trinajstić information content (AvgIpc) is 3.37. The first kappa shape index (κ1) is 19.3. The molecule has 0 saturated heterocycles. The highest BCUT2D eigenvalue weighted by atomic mass is 32.1. The van der Waals surface area contributed by atoms with E-state index in [9.17, 15) is 4.79 Å². The molecule has 142 valence electrons. The quantitative estimate of drug-likeness (QED) is 0.639. The minimum atomic E-state index is -0.0504. The molecule has 1 N–H and O–H groups in total. The van der Waals surface area contributed by atoms with Gasteiger partial charge in [-0.15, -0.1) is 0 Å². The zero-order valence-electron chi connectivity index (χ0n) is 16.1. The second kappa shape index (κ2) is 8.97. The average molecular weight is 383 g/mol. The summed E-state index contributed by atoms with van der Waals surface area (Å²) in [6.45, 7) is 8.80. The van der Waals surface area contributed by atoms with Crippen molar-refractivity contribution >= 4 is 17.2 Å². The third kappa shape index (κ3) is 4.64. The molecule has 2 heterocycles. The van der Waals surface area contributed by atoms with E-state index >= 15 is 0 Å². The number of aryl methyl sites for hydroxylation is 1. The summed E-state index contributed by atoms with van der Waals surface area (Å²) in [7, 11) is 0. The number of carbonyl (C=O) groups is 1.